The second-order valence-electron chi connectivity index (χ2n) is 10.1. The molecule has 1 N–H and O–H groups in total. The number of nitrogens with one attached hydrogen (secondary N) is 1. The number of rotatable bonds is 11. The van der Waals surface area contributed by atoms with Gasteiger partial charge >= 0.3 is 0 Å². The van der Waals surface area contributed by atoms with Gasteiger partial charge in [-0.25, -0.2) is 8.42 Å². The normalized spacial score (nSPS) is 12.2. The Morgan fingerprint density at radius 1 is 0.846 bits per heavy atom. The van der Waals surface area contributed by atoms with Crippen LogP contribution in [-0.4, -0.2) is 43.8 Å². The first kappa shape index (κ1) is 29.9. The van der Waals surface area contributed by atoms with Crippen LogP contribution >= 0.6 is 0 Å². The summed E-state index contributed by atoms with van der Waals surface area (Å²) < 4.78 is 29.1. The average molecular weight is 550 g/mol. The van der Waals surface area contributed by atoms with Crippen molar-refractivity contribution in [2.24, 2.45) is 0 Å². The number of sulfonamides is 1. The Morgan fingerprint density at radius 2 is 1.44 bits per heavy atom. The van der Waals surface area contributed by atoms with E-state index in [1.54, 1.807) is 36.4 Å². The van der Waals surface area contributed by atoms with E-state index in [0.29, 0.717) is 12.1 Å². The number of aryl methyl sites for hydroxylation is 3. The van der Waals surface area contributed by atoms with E-state index in [1.165, 1.54) is 4.90 Å². The quantitative estimate of drug-likeness (QED) is 0.359. The van der Waals surface area contributed by atoms with Crippen molar-refractivity contribution < 1.29 is 18.0 Å². The molecule has 0 heterocycles. The molecule has 0 unspecified atom stereocenters. The van der Waals surface area contributed by atoms with E-state index >= 15 is 0 Å². The second-order valence-corrected chi connectivity index (χ2v) is 12.0. The Labute approximate surface area is 232 Å². The molecule has 2 amide bonds. The predicted octanol–water partition coefficient (Wildman–Crippen LogP) is 5.14. The fourth-order valence-electron chi connectivity index (χ4n) is 4.47. The molecular formula is C31H39N3O4S. The Morgan fingerprint density at radius 3 is 2.00 bits per heavy atom. The number of hydrogen-bond acceptors (Lipinski definition) is 4. The van der Waals surface area contributed by atoms with E-state index in [2.05, 4.69) is 5.32 Å². The summed E-state index contributed by atoms with van der Waals surface area (Å²) in [5.41, 5.74) is 3.94. The molecule has 0 aliphatic carbocycles. The van der Waals surface area contributed by atoms with E-state index in [0.717, 1.165) is 26.6 Å². The number of anilines is 1. The molecule has 3 aromatic carbocycles. The minimum Gasteiger partial charge on any atom is -0.352 e. The van der Waals surface area contributed by atoms with Gasteiger partial charge in [0.1, 0.15) is 12.6 Å². The molecule has 0 saturated heterocycles. The highest BCUT2D eigenvalue weighted by Crippen LogP contribution is 2.28. The summed E-state index contributed by atoms with van der Waals surface area (Å²) in [6.45, 7) is 11.0. The molecule has 3 aromatic rings. The van der Waals surface area contributed by atoms with E-state index in [4.69, 9.17) is 0 Å². The molecule has 8 heteroatoms. The molecule has 208 valence electrons. The van der Waals surface area contributed by atoms with Gasteiger partial charge in [-0.2, -0.15) is 0 Å². The van der Waals surface area contributed by atoms with Crippen LogP contribution in [-0.2, 0) is 26.2 Å². The number of carbonyl (C=O) groups is 2. The molecule has 0 aliphatic rings. The van der Waals surface area contributed by atoms with Crippen molar-refractivity contribution in [2.75, 3.05) is 10.8 Å². The Balaban J connectivity index is 2.09. The zero-order valence-corrected chi connectivity index (χ0v) is 24.5. The summed E-state index contributed by atoms with van der Waals surface area (Å²) in [4.78, 5) is 29.0. The lowest BCUT2D eigenvalue weighted by atomic mass is 10.1. The summed E-state index contributed by atoms with van der Waals surface area (Å²) in [5, 5.41) is 2.92. The molecule has 0 aromatic heterocycles. The second kappa shape index (κ2) is 12.9. The third-order valence-electron chi connectivity index (χ3n) is 6.69. The van der Waals surface area contributed by atoms with Crippen LogP contribution in [0.25, 0.3) is 0 Å². The van der Waals surface area contributed by atoms with Crippen LogP contribution in [0.1, 0.15) is 49.4 Å². The minimum atomic E-state index is -4.09. The molecule has 39 heavy (non-hydrogen) atoms. The van der Waals surface area contributed by atoms with Gasteiger partial charge < -0.3 is 10.2 Å². The summed E-state index contributed by atoms with van der Waals surface area (Å²) in [7, 11) is -4.09. The molecule has 1 atom stereocenters. The number of nitrogens with zero attached hydrogens (tertiary/aromatic N) is 2. The number of para-hydroxylation sites is 1. The molecular weight excluding hydrogens is 510 g/mol. The van der Waals surface area contributed by atoms with Gasteiger partial charge in [0.05, 0.1) is 10.6 Å². The average Bonchev–Trinajstić information content (AvgIpc) is 2.88. The Hall–Kier alpha value is -3.65. The zero-order chi connectivity index (χ0) is 28.7. The van der Waals surface area contributed by atoms with E-state index in [-0.39, 0.29) is 23.4 Å². The van der Waals surface area contributed by atoms with Crippen LogP contribution in [0.3, 0.4) is 0 Å². The standard InChI is InChI=1S/C31H39N3O4S/c1-7-28(31(36)32-22(2)3)33(20-26-14-10-8-12-24(26)5)30(35)21-34(29-15-11-9-13-25(29)6)39(37,38)27-18-16-23(4)17-19-27/h8-19,22,28H,7,20-21H2,1-6H3,(H,32,36)/t28-/m0/s1. The van der Waals surface area contributed by atoms with Gasteiger partial charge in [-0.1, -0.05) is 67.1 Å². The SMILES string of the molecule is CC[C@@H](C(=O)NC(C)C)N(Cc1ccccc1C)C(=O)CN(c1ccccc1C)S(=O)(=O)c1ccc(C)cc1. The topological polar surface area (TPSA) is 86.8 Å². The summed E-state index contributed by atoms with van der Waals surface area (Å²) in [6, 6.07) is 20.5. The van der Waals surface area contributed by atoms with Crippen molar-refractivity contribution in [3.8, 4) is 0 Å². The maximum Gasteiger partial charge on any atom is 0.264 e. The highest BCUT2D eigenvalue weighted by molar-refractivity contribution is 7.92. The molecule has 0 bridgehead atoms. The molecule has 7 nitrogen and oxygen atoms in total. The van der Waals surface area contributed by atoms with Crippen LogP contribution in [0, 0.1) is 20.8 Å². The molecule has 0 saturated carbocycles. The molecule has 3 rings (SSSR count). The number of hydrogen-bond donors (Lipinski definition) is 1. The fourth-order valence-corrected chi connectivity index (χ4v) is 5.94. The zero-order valence-electron chi connectivity index (χ0n) is 23.6. The molecule has 0 aliphatic heterocycles. The molecule has 0 radical (unpaired) electrons. The van der Waals surface area contributed by atoms with Crippen LogP contribution < -0.4 is 9.62 Å². The number of carbonyl (C=O) groups excluding carboxylic acids is 2. The van der Waals surface area contributed by atoms with Crippen molar-refractivity contribution in [1.29, 1.82) is 0 Å². The third-order valence-corrected chi connectivity index (χ3v) is 8.46. The lowest BCUT2D eigenvalue weighted by molar-refractivity contribution is -0.140. The lowest BCUT2D eigenvalue weighted by Crippen LogP contribution is -2.53. The number of benzene rings is 3. The van der Waals surface area contributed by atoms with Gasteiger partial charge in [-0.15, -0.1) is 0 Å². The van der Waals surface area contributed by atoms with Crippen molar-refractivity contribution in [3.05, 3.63) is 95.1 Å². The monoisotopic (exact) mass is 549 g/mol. The van der Waals surface area contributed by atoms with Crippen molar-refractivity contribution >= 4 is 27.5 Å². The van der Waals surface area contributed by atoms with Crippen LogP contribution in [0.5, 0.6) is 0 Å². The highest BCUT2D eigenvalue weighted by Gasteiger charge is 2.34. The Kier molecular flexibility index (Phi) is 9.92. The first-order chi connectivity index (χ1) is 18.4. The minimum absolute atomic E-state index is 0.0965. The van der Waals surface area contributed by atoms with Crippen molar-refractivity contribution in [2.45, 2.75) is 71.5 Å². The lowest BCUT2D eigenvalue weighted by Gasteiger charge is -2.34. The summed E-state index contributed by atoms with van der Waals surface area (Å²) in [5.74, 6) is -0.721. The van der Waals surface area contributed by atoms with Crippen molar-refractivity contribution in [1.82, 2.24) is 10.2 Å². The smallest absolute Gasteiger partial charge is 0.264 e. The third kappa shape index (κ3) is 7.26. The Bertz CT molecular complexity index is 1400. The van der Waals surface area contributed by atoms with E-state index < -0.39 is 28.5 Å². The first-order valence-electron chi connectivity index (χ1n) is 13.2. The molecule has 0 spiro atoms. The van der Waals surface area contributed by atoms with Crippen LogP contribution in [0.4, 0.5) is 5.69 Å². The summed E-state index contributed by atoms with van der Waals surface area (Å²) >= 11 is 0. The van der Waals surface area contributed by atoms with Gasteiger partial charge in [0.15, 0.2) is 0 Å². The summed E-state index contributed by atoms with van der Waals surface area (Å²) in [6.07, 6.45) is 0.380. The highest BCUT2D eigenvalue weighted by atomic mass is 32.2. The van der Waals surface area contributed by atoms with Gasteiger partial charge in [0.25, 0.3) is 10.0 Å². The maximum atomic E-state index is 14.1. The largest absolute Gasteiger partial charge is 0.352 e. The van der Waals surface area contributed by atoms with Gasteiger partial charge in [-0.3, -0.25) is 13.9 Å². The van der Waals surface area contributed by atoms with Crippen molar-refractivity contribution in [3.63, 3.8) is 0 Å². The van der Waals surface area contributed by atoms with Crippen LogP contribution in [0.15, 0.2) is 77.7 Å². The van der Waals surface area contributed by atoms with Gasteiger partial charge in [0.2, 0.25) is 11.8 Å². The maximum absolute atomic E-state index is 14.1. The first-order valence-corrected chi connectivity index (χ1v) is 14.7. The molecule has 0 fully saturated rings. The van der Waals surface area contributed by atoms with Gasteiger partial charge in [-0.05, 0) is 75.9 Å². The van der Waals surface area contributed by atoms with Gasteiger partial charge in [0, 0.05) is 12.6 Å². The van der Waals surface area contributed by atoms with Crippen LogP contribution in [0.2, 0.25) is 0 Å². The van der Waals surface area contributed by atoms with E-state index in [9.17, 15) is 18.0 Å². The van der Waals surface area contributed by atoms with E-state index in [1.807, 2.05) is 77.9 Å². The number of amides is 2. The fraction of sp³-hybridized carbons (Fsp3) is 0.355. The predicted molar refractivity (Wildman–Crippen MR) is 156 cm³/mol.